The molecule has 0 unspecified atom stereocenters. The second-order valence-corrected chi connectivity index (χ2v) is 8.87. The minimum absolute atomic E-state index is 0.246. The highest BCUT2D eigenvalue weighted by Crippen LogP contribution is 2.36. The van der Waals surface area contributed by atoms with E-state index in [1.807, 2.05) is 84.9 Å². The fraction of sp³-hybridized carbons (Fsp3) is 0.250. The average molecular weight is 485 g/mol. The molecule has 0 spiro atoms. The van der Waals surface area contributed by atoms with Crippen LogP contribution in [0.4, 0.5) is 10.5 Å². The molecule has 0 aromatic heterocycles. The van der Waals surface area contributed by atoms with Crippen molar-refractivity contribution in [1.82, 2.24) is 15.1 Å². The Labute approximate surface area is 210 Å². The summed E-state index contributed by atoms with van der Waals surface area (Å²) in [6, 6.07) is 25.5. The van der Waals surface area contributed by atoms with Crippen molar-refractivity contribution < 1.29 is 19.1 Å². The summed E-state index contributed by atoms with van der Waals surface area (Å²) < 4.78 is 5.22. The molecule has 2 aliphatic heterocycles. The van der Waals surface area contributed by atoms with E-state index in [4.69, 9.17) is 4.74 Å². The normalized spacial score (nSPS) is 17.2. The maximum absolute atomic E-state index is 13.8. The van der Waals surface area contributed by atoms with E-state index in [0.29, 0.717) is 37.3 Å². The lowest BCUT2D eigenvalue weighted by molar-refractivity contribution is -0.138. The zero-order chi connectivity index (χ0) is 25.1. The van der Waals surface area contributed by atoms with Crippen molar-refractivity contribution in [3.63, 3.8) is 0 Å². The van der Waals surface area contributed by atoms with E-state index >= 15 is 0 Å². The Kier molecular flexibility index (Phi) is 6.33. The lowest BCUT2D eigenvalue weighted by atomic mass is 9.82. The van der Waals surface area contributed by atoms with Gasteiger partial charge in [-0.25, -0.2) is 4.79 Å². The highest BCUT2D eigenvalue weighted by Gasteiger charge is 2.54. The molecule has 8 nitrogen and oxygen atoms in total. The summed E-state index contributed by atoms with van der Waals surface area (Å²) in [7, 11) is 1.63. The van der Waals surface area contributed by atoms with E-state index in [9.17, 15) is 14.4 Å². The van der Waals surface area contributed by atoms with Gasteiger partial charge in [-0.2, -0.15) is 0 Å². The summed E-state index contributed by atoms with van der Waals surface area (Å²) >= 11 is 0. The van der Waals surface area contributed by atoms with Crippen LogP contribution in [0.3, 0.4) is 0 Å². The fourth-order valence-electron chi connectivity index (χ4n) is 4.90. The number of ether oxygens (including phenoxy) is 1. The largest absolute Gasteiger partial charge is 0.497 e. The van der Waals surface area contributed by atoms with Gasteiger partial charge in [0.15, 0.2) is 5.54 Å². The smallest absolute Gasteiger partial charge is 0.326 e. The van der Waals surface area contributed by atoms with Gasteiger partial charge in [-0.05, 0) is 35.4 Å². The number of carbonyl (C=O) groups excluding carboxylic acids is 3. The molecule has 0 saturated carbocycles. The van der Waals surface area contributed by atoms with Crippen molar-refractivity contribution in [2.45, 2.75) is 5.54 Å². The van der Waals surface area contributed by atoms with Crippen LogP contribution in [0.5, 0.6) is 5.75 Å². The molecule has 0 bridgehead atoms. The van der Waals surface area contributed by atoms with Gasteiger partial charge in [0.2, 0.25) is 5.91 Å². The number of methoxy groups -OCH3 is 1. The number of carbonyl (C=O) groups is 3. The zero-order valence-corrected chi connectivity index (χ0v) is 20.1. The average Bonchev–Trinajstić information content (AvgIpc) is 3.20. The monoisotopic (exact) mass is 484 g/mol. The molecule has 1 N–H and O–H groups in total. The van der Waals surface area contributed by atoms with Gasteiger partial charge in [0.25, 0.3) is 5.91 Å². The Morgan fingerprint density at radius 2 is 1.39 bits per heavy atom. The third-order valence-electron chi connectivity index (χ3n) is 6.88. The number of nitrogens with one attached hydrogen (secondary N) is 1. The van der Waals surface area contributed by atoms with Crippen molar-refractivity contribution >= 4 is 23.5 Å². The van der Waals surface area contributed by atoms with Gasteiger partial charge < -0.3 is 19.9 Å². The maximum atomic E-state index is 13.8. The molecule has 4 amide bonds. The lowest BCUT2D eigenvalue weighted by Crippen LogP contribution is -2.52. The number of nitrogens with zero attached hydrogens (tertiary/aromatic N) is 3. The Balaban J connectivity index is 1.30. The summed E-state index contributed by atoms with van der Waals surface area (Å²) in [5, 5.41) is 2.89. The second kappa shape index (κ2) is 9.73. The first kappa shape index (κ1) is 23.4. The Hall–Kier alpha value is -4.33. The molecule has 184 valence electrons. The van der Waals surface area contributed by atoms with Gasteiger partial charge in [-0.15, -0.1) is 0 Å². The summed E-state index contributed by atoms with van der Waals surface area (Å²) in [5.41, 5.74) is 0.996. The number of amides is 4. The van der Waals surface area contributed by atoms with Gasteiger partial charge in [0, 0.05) is 31.9 Å². The van der Waals surface area contributed by atoms with Crippen LogP contribution in [0, 0.1) is 0 Å². The number of anilines is 1. The standard InChI is InChI=1S/C28H28N4O4/c1-36-24-14-12-23(13-15-24)30-16-18-31(19-17-30)25(33)20-32-26(34)28(29-27(32)35,21-8-4-2-5-9-21)22-10-6-3-7-11-22/h2-15H,16-20H2,1H3,(H,29,35). The van der Waals surface area contributed by atoms with Crippen molar-refractivity contribution in [2.24, 2.45) is 0 Å². The molecular weight excluding hydrogens is 456 g/mol. The number of imide groups is 1. The minimum atomic E-state index is -1.37. The molecule has 2 fully saturated rings. The van der Waals surface area contributed by atoms with E-state index in [1.54, 1.807) is 12.0 Å². The molecule has 36 heavy (non-hydrogen) atoms. The van der Waals surface area contributed by atoms with Crippen molar-refractivity contribution in [3.8, 4) is 5.75 Å². The first-order valence-corrected chi connectivity index (χ1v) is 11.9. The highest BCUT2D eigenvalue weighted by atomic mass is 16.5. The van der Waals surface area contributed by atoms with E-state index in [2.05, 4.69) is 10.2 Å². The van der Waals surface area contributed by atoms with Crippen molar-refractivity contribution in [3.05, 3.63) is 96.1 Å². The predicted octanol–water partition coefficient (Wildman–Crippen LogP) is 2.84. The van der Waals surface area contributed by atoms with Crippen LogP contribution in [0.25, 0.3) is 0 Å². The van der Waals surface area contributed by atoms with E-state index in [0.717, 1.165) is 16.3 Å². The number of urea groups is 1. The lowest BCUT2D eigenvalue weighted by Gasteiger charge is -2.36. The SMILES string of the molecule is COc1ccc(N2CCN(C(=O)CN3C(=O)NC(c4ccccc4)(c4ccccc4)C3=O)CC2)cc1. The molecule has 8 heteroatoms. The first-order valence-electron chi connectivity index (χ1n) is 11.9. The number of rotatable bonds is 6. The summed E-state index contributed by atoms with van der Waals surface area (Å²) in [6.07, 6.45) is 0. The summed E-state index contributed by atoms with van der Waals surface area (Å²) in [5.74, 6) is 0.100. The number of hydrogen-bond acceptors (Lipinski definition) is 5. The van der Waals surface area contributed by atoms with Crippen LogP contribution in [-0.2, 0) is 15.1 Å². The predicted molar refractivity (Wildman–Crippen MR) is 136 cm³/mol. The molecule has 3 aromatic carbocycles. The number of benzene rings is 3. The maximum Gasteiger partial charge on any atom is 0.326 e. The zero-order valence-electron chi connectivity index (χ0n) is 20.1. The Bertz CT molecular complexity index is 1200. The molecular formula is C28H28N4O4. The molecule has 0 aliphatic carbocycles. The number of hydrogen-bond donors (Lipinski definition) is 1. The molecule has 0 atom stereocenters. The molecule has 5 rings (SSSR count). The molecule has 2 aliphatic rings. The molecule has 2 saturated heterocycles. The Morgan fingerprint density at radius 3 is 1.92 bits per heavy atom. The Morgan fingerprint density at radius 1 is 0.833 bits per heavy atom. The fourth-order valence-corrected chi connectivity index (χ4v) is 4.90. The third-order valence-corrected chi connectivity index (χ3v) is 6.88. The quantitative estimate of drug-likeness (QED) is 0.544. The first-order chi connectivity index (χ1) is 17.5. The van der Waals surface area contributed by atoms with Crippen LogP contribution in [0.1, 0.15) is 11.1 Å². The van der Waals surface area contributed by atoms with Crippen LogP contribution in [-0.4, -0.2) is 67.5 Å². The van der Waals surface area contributed by atoms with Crippen molar-refractivity contribution in [1.29, 1.82) is 0 Å². The second-order valence-electron chi connectivity index (χ2n) is 8.87. The van der Waals surface area contributed by atoms with E-state index in [-0.39, 0.29) is 12.5 Å². The van der Waals surface area contributed by atoms with Crippen LogP contribution in [0.2, 0.25) is 0 Å². The summed E-state index contributed by atoms with van der Waals surface area (Å²) in [6.45, 7) is 2.05. The van der Waals surface area contributed by atoms with Crippen LogP contribution < -0.4 is 15.0 Å². The van der Waals surface area contributed by atoms with E-state index in [1.165, 1.54) is 0 Å². The van der Waals surface area contributed by atoms with Crippen LogP contribution in [0.15, 0.2) is 84.9 Å². The van der Waals surface area contributed by atoms with E-state index < -0.39 is 17.5 Å². The number of piperazine rings is 1. The van der Waals surface area contributed by atoms with Crippen molar-refractivity contribution in [2.75, 3.05) is 44.7 Å². The van der Waals surface area contributed by atoms with Crippen LogP contribution >= 0.6 is 0 Å². The molecule has 0 radical (unpaired) electrons. The van der Waals surface area contributed by atoms with Gasteiger partial charge in [0.1, 0.15) is 12.3 Å². The topological polar surface area (TPSA) is 82.2 Å². The van der Waals surface area contributed by atoms with Gasteiger partial charge in [-0.1, -0.05) is 60.7 Å². The summed E-state index contributed by atoms with van der Waals surface area (Å²) in [4.78, 5) is 45.0. The van der Waals surface area contributed by atoms with Gasteiger partial charge >= 0.3 is 6.03 Å². The minimum Gasteiger partial charge on any atom is -0.497 e. The van der Waals surface area contributed by atoms with Gasteiger partial charge in [-0.3, -0.25) is 14.5 Å². The molecule has 2 heterocycles. The van der Waals surface area contributed by atoms with Gasteiger partial charge in [0.05, 0.1) is 7.11 Å². The molecule has 3 aromatic rings. The third kappa shape index (κ3) is 4.15. The highest BCUT2D eigenvalue weighted by molar-refractivity contribution is 6.11.